The maximum Gasteiger partial charge on any atom is 0.231 e. The van der Waals surface area contributed by atoms with Gasteiger partial charge in [0.1, 0.15) is 5.50 Å². The van der Waals surface area contributed by atoms with Crippen molar-refractivity contribution < 1.29 is 19.1 Å². The maximum absolute atomic E-state index is 12.0. The van der Waals surface area contributed by atoms with Gasteiger partial charge in [-0.2, -0.15) is 0 Å². The van der Waals surface area contributed by atoms with Crippen LogP contribution < -0.4 is 25.4 Å². The van der Waals surface area contributed by atoms with E-state index in [2.05, 4.69) is 16.0 Å². The van der Waals surface area contributed by atoms with Crippen LogP contribution in [0.5, 0.6) is 11.5 Å². The van der Waals surface area contributed by atoms with Gasteiger partial charge in [0.15, 0.2) is 11.5 Å². The third kappa shape index (κ3) is 4.38. The predicted octanol–water partition coefficient (Wildman–Crippen LogP) is 1.18. The number of nitrogens with one attached hydrogen (secondary N) is 3. The van der Waals surface area contributed by atoms with E-state index in [4.69, 9.17) is 9.47 Å². The highest BCUT2D eigenvalue weighted by molar-refractivity contribution is 8.00. The van der Waals surface area contributed by atoms with Gasteiger partial charge in [0.05, 0.1) is 11.7 Å². The van der Waals surface area contributed by atoms with Gasteiger partial charge in [0.2, 0.25) is 18.6 Å². The summed E-state index contributed by atoms with van der Waals surface area (Å²) in [5, 5.41) is 9.11. The van der Waals surface area contributed by atoms with Crippen LogP contribution in [0, 0.1) is 5.92 Å². The average molecular weight is 365 g/mol. The molecular weight excluding hydrogens is 342 g/mol. The van der Waals surface area contributed by atoms with Crippen LogP contribution in [0.15, 0.2) is 18.2 Å². The Morgan fingerprint density at radius 2 is 2.16 bits per heavy atom. The molecular formula is C17H23N3O4S. The van der Waals surface area contributed by atoms with E-state index < -0.39 is 0 Å². The van der Waals surface area contributed by atoms with Crippen LogP contribution in [-0.4, -0.2) is 35.9 Å². The Morgan fingerprint density at radius 3 is 2.92 bits per heavy atom. The first-order chi connectivity index (χ1) is 12.1. The summed E-state index contributed by atoms with van der Waals surface area (Å²) in [7, 11) is 0. The Bertz CT molecular complexity index is 655. The van der Waals surface area contributed by atoms with Crippen molar-refractivity contribution in [2.75, 3.05) is 12.5 Å². The number of ether oxygens (including phenoxy) is 2. The third-order valence-corrected chi connectivity index (χ3v) is 5.39. The Morgan fingerprint density at radius 1 is 1.36 bits per heavy atom. The molecule has 0 radical (unpaired) electrons. The van der Waals surface area contributed by atoms with Gasteiger partial charge in [-0.1, -0.05) is 13.0 Å². The van der Waals surface area contributed by atoms with Crippen molar-refractivity contribution in [3.05, 3.63) is 23.8 Å². The van der Waals surface area contributed by atoms with Crippen LogP contribution in [0.25, 0.3) is 0 Å². The van der Waals surface area contributed by atoms with Crippen molar-refractivity contribution >= 4 is 23.6 Å². The molecule has 0 aliphatic carbocycles. The number of benzene rings is 1. The van der Waals surface area contributed by atoms with Crippen molar-refractivity contribution in [3.63, 3.8) is 0 Å². The van der Waals surface area contributed by atoms with Crippen molar-refractivity contribution in [3.8, 4) is 11.5 Å². The van der Waals surface area contributed by atoms with Gasteiger partial charge in [-0.15, -0.1) is 11.8 Å². The zero-order valence-electron chi connectivity index (χ0n) is 14.3. The summed E-state index contributed by atoms with van der Waals surface area (Å²) in [6.07, 6.45) is 0.799. The number of fused-ring (bicyclic) bond motifs is 1. The lowest BCUT2D eigenvalue weighted by molar-refractivity contribution is -0.128. The van der Waals surface area contributed by atoms with Gasteiger partial charge in [-0.05, 0) is 31.0 Å². The monoisotopic (exact) mass is 365 g/mol. The second-order valence-corrected chi connectivity index (χ2v) is 7.23. The molecule has 8 heteroatoms. The molecule has 3 unspecified atom stereocenters. The molecule has 2 aliphatic heterocycles. The fraction of sp³-hybridized carbons (Fsp3) is 0.529. The molecule has 1 aromatic carbocycles. The molecule has 1 saturated heterocycles. The molecule has 0 aromatic heterocycles. The summed E-state index contributed by atoms with van der Waals surface area (Å²) < 4.78 is 10.6. The van der Waals surface area contributed by atoms with Gasteiger partial charge in [0.25, 0.3) is 0 Å². The number of carbonyl (C=O) groups excluding carboxylic acids is 2. The van der Waals surface area contributed by atoms with E-state index >= 15 is 0 Å². The summed E-state index contributed by atoms with van der Waals surface area (Å²) in [6.45, 7) is 4.66. The lowest BCUT2D eigenvalue weighted by Gasteiger charge is -2.34. The largest absolute Gasteiger partial charge is 0.454 e. The Balaban J connectivity index is 1.42. The first-order valence-electron chi connectivity index (χ1n) is 8.40. The van der Waals surface area contributed by atoms with Gasteiger partial charge < -0.3 is 20.1 Å². The van der Waals surface area contributed by atoms with Crippen LogP contribution in [0.1, 0.15) is 25.8 Å². The second kappa shape index (κ2) is 7.97. The van der Waals surface area contributed by atoms with E-state index in [0.29, 0.717) is 12.3 Å². The fourth-order valence-corrected chi connectivity index (χ4v) is 3.88. The lowest BCUT2D eigenvalue weighted by atomic mass is 9.96. The van der Waals surface area contributed by atoms with E-state index in [1.54, 1.807) is 0 Å². The highest BCUT2D eigenvalue weighted by atomic mass is 32.2. The standard InChI is InChI=1S/C17H23N3O4S/c1-3-12-10(2)19-17(20-16(12)22)25-8-15(21)18-7-11-4-5-13-14(6-11)24-9-23-13/h4-6,10,12,17,19H,3,7-9H2,1-2H3,(H,18,21)(H,20,22). The number of carbonyl (C=O) groups is 2. The molecule has 3 atom stereocenters. The number of thioether (sulfide) groups is 1. The SMILES string of the molecule is CCC1C(=O)NC(SCC(=O)NCc2ccc3c(c2)OCO3)NC1C. The Labute approximate surface area is 151 Å². The summed E-state index contributed by atoms with van der Waals surface area (Å²) in [5.74, 6) is 1.65. The Kier molecular flexibility index (Phi) is 5.70. The minimum absolute atomic E-state index is 0.0170. The van der Waals surface area contributed by atoms with Gasteiger partial charge in [0, 0.05) is 12.6 Å². The predicted molar refractivity (Wildman–Crippen MR) is 95.2 cm³/mol. The van der Waals surface area contributed by atoms with Crippen molar-refractivity contribution in [2.24, 2.45) is 5.92 Å². The molecule has 136 valence electrons. The number of amides is 2. The van der Waals surface area contributed by atoms with Gasteiger partial charge in [-0.3, -0.25) is 14.9 Å². The normalized spacial score (nSPS) is 24.7. The molecule has 3 rings (SSSR count). The van der Waals surface area contributed by atoms with Crippen LogP contribution in [0.3, 0.4) is 0 Å². The molecule has 0 bridgehead atoms. The van der Waals surface area contributed by atoms with Crippen LogP contribution >= 0.6 is 11.8 Å². The second-order valence-electron chi connectivity index (χ2n) is 6.13. The van der Waals surface area contributed by atoms with Crippen molar-refractivity contribution in [1.82, 2.24) is 16.0 Å². The molecule has 3 N–H and O–H groups in total. The summed E-state index contributed by atoms with van der Waals surface area (Å²) >= 11 is 1.38. The molecule has 0 saturated carbocycles. The highest BCUT2D eigenvalue weighted by Crippen LogP contribution is 2.32. The van der Waals surface area contributed by atoms with E-state index in [1.807, 2.05) is 32.0 Å². The van der Waals surface area contributed by atoms with E-state index in [1.165, 1.54) is 11.8 Å². The molecule has 0 spiro atoms. The minimum Gasteiger partial charge on any atom is -0.454 e. The molecule has 7 nitrogen and oxygen atoms in total. The smallest absolute Gasteiger partial charge is 0.231 e. The first kappa shape index (κ1) is 17.9. The quantitative estimate of drug-likeness (QED) is 0.702. The third-order valence-electron chi connectivity index (χ3n) is 4.38. The number of rotatable bonds is 6. The van der Waals surface area contributed by atoms with Crippen LogP contribution in [0.4, 0.5) is 0 Å². The van der Waals surface area contributed by atoms with Crippen LogP contribution in [0.2, 0.25) is 0 Å². The van der Waals surface area contributed by atoms with Crippen LogP contribution in [-0.2, 0) is 16.1 Å². The highest BCUT2D eigenvalue weighted by Gasteiger charge is 2.32. The van der Waals surface area contributed by atoms with Crippen molar-refractivity contribution in [2.45, 2.75) is 38.4 Å². The summed E-state index contributed by atoms with van der Waals surface area (Å²) in [4.78, 5) is 24.1. The van der Waals surface area contributed by atoms with Crippen molar-refractivity contribution in [1.29, 1.82) is 0 Å². The molecule has 2 heterocycles. The van der Waals surface area contributed by atoms with Gasteiger partial charge in [-0.25, -0.2) is 0 Å². The van der Waals surface area contributed by atoms with E-state index in [9.17, 15) is 9.59 Å². The topological polar surface area (TPSA) is 88.7 Å². The summed E-state index contributed by atoms with van der Waals surface area (Å²) in [6, 6.07) is 5.71. The zero-order chi connectivity index (χ0) is 17.8. The molecule has 25 heavy (non-hydrogen) atoms. The first-order valence-corrected chi connectivity index (χ1v) is 9.45. The van der Waals surface area contributed by atoms with Gasteiger partial charge >= 0.3 is 0 Å². The number of hydrogen-bond donors (Lipinski definition) is 3. The number of hydrogen-bond acceptors (Lipinski definition) is 6. The molecule has 1 aromatic rings. The van der Waals surface area contributed by atoms with E-state index in [0.717, 1.165) is 17.7 Å². The summed E-state index contributed by atoms with van der Waals surface area (Å²) in [5.41, 5.74) is 0.715. The fourth-order valence-electron chi connectivity index (χ4n) is 2.95. The zero-order valence-corrected chi connectivity index (χ0v) is 15.2. The maximum atomic E-state index is 12.0. The Hall–Kier alpha value is -1.93. The average Bonchev–Trinajstić information content (AvgIpc) is 3.05. The lowest BCUT2D eigenvalue weighted by Crippen LogP contribution is -2.59. The molecule has 2 aliphatic rings. The molecule has 2 amide bonds. The van der Waals surface area contributed by atoms with E-state index in [-0.39, 0.29) is 41.8 Å². The minimum atomic E-state index is -0.235. The molecule has 1 fully saturated rings.